The van der Waals surface area contributed by atoms with Crippen molar-refractivity contribution < 1.29 is 0 Å². The van der Waals surface area contributed by atoms with Crippen LogP contribution in [0.15, 0.2) is 6.07 Å². The maximum Gasteiger partial charge on any atom is 0.230 e. The second-order valence-electron chi connectivity index (χ2n) is 2.75. The molecule has 0 fully saturated rings. The molecule has 6 heteroatoms. The largest absolute Gasteiger partial charge is 0.382 e. The first kappa shape index (κ1) is 8.18. The van der Waals surface area contributed by atoms with Crippen LogP contribution in [0.5, 0.6) is 0 Å². The van der Waals surface area contributed by atoms with Crippen LogP contribution in [-0.2, 0) is 0 Å². The van der Waals surface area contributed by atoms with E-state index in [2.05, 4.69) is 14.5 Å². The van der Waals surface area contributed by atoms with Gasteiger partial charge in [0.2, 0.25) is 5.13 Å². The molecule has 0 atom stereocenters. The van der Waals surface area contributed by atoms with Gasteiger partial charge in [0.1, 0.15) is 11.6 Å². The summed E-state index contributed by atoms with van der Waals surface area (Å²) in [6.45, 7) is 3.78. The summed E-state index contributed by atoms with van der Waals surface area (Å²) in [7, 11) is 0. The molecule has 2 heterocycles. The zero-order valence-electron chi connectivity index (χ0n) is 7.35. The highest BCUT2D eigenvalue weighted by atomic mass is 32.1. The molecule has 5 nitrogen and oxygen atoms in total. The lowest BCUT2D eigenvalue weighted by Crippen LogP contribution is -1.98. The van der Waals surface area contributed by atoms with Gasteiger partial charge in [0.25, 0.3) is 0 Å². The lowest BCUT2D eigenvalue weighted by molar-refractivity contribution is 0.837. The summed E-state index contributed by atoms with van der Waals surface area (Å²) in [6.07, 6.45) is 0. The molecular formula is C7H9N5S. The van der Waals surface area contributed by atoms with Crippen molar-refractivity contribution in [1.29, 1.82) is 0 Å². The average molecular weight is 195 g/mol. The van der Waals surface area contributed by atoms with Gasteiger partial charge in [-0.15, -0.1) is 5.10 Å². The van der Waals surface area contributed by atoms with E-state index >= 15 is 0 Å². The third kappa shape index (κ3) is 1.40. The minimum atomic E-state index is 0.505. The van der Waals surface area contributed by atoms with E-state index in [1.54, 1.807) is 10.7 Å². The van der Waals surface area contributed by atoms with Crippen LogP contribution in [0, 0.1) is 13.8 Å². The molecule has 2 aromatic heterocycles. The van der Waals surface area contributed by atoms with Crippen LogP contribution in [0.4, 0.5) is 5.82 Å². The van der Waals surface area contributed by atoms with E-state index in [0.717, 1.165) is 16.6 Å². The first-order valence-corrected chi connectivity index (χ1v) is 4.57. The van der Waals surface area contributed by atoms with Crippen molar-refractivity contribution in [1.82, 2.24) is 19.1 Å². The van der Waals surface area contributed by atoms with E-state index in [9.17, 15) is 0 Å². The van der Waals surface area contributed by atoms with Crippen molar-refractivity contribution in [2.45, 2.75) is 13.8 Å². The fraction of sp³-hybridized carbons (Fsp3) is 0.286. The monoisotopic (exact) mass is 195 g/mol. The zero-order valence-corrected chi connectivity index (χ0v) is 8.17. The Balaban J connectivity index is 2.51. The zero-order chi connectivity index (χ0) is 9.42. The number of hydrogen-bond acceptors (Lipinski definition) is 5. The van der Waals surface area contributed by atoms with Gasteiger partial charge in [-0.2, -0.15) is 4.37 Å². The van der Waals surface area contributed by atoms with E-state index in [0.29, 0.717) is 5.82 Å². The first-order valence-electron chi connectivity index (χ1n) is 3.79. The molecule has 0 saturated heterocycles. The minimum absolute atomic E-state index is 0.505. The molecule has 0 aliphatic carbocycles. The number of nitrogens with two attached hydrogens (primary N) is 1. The minimum Gasteiger partial charge on any atom is -0.382 e. The Bertz CT molecular complexity index is 430. The highest BCUT2D eigenvalue weighted by Gasteiger charge is 2.07. The van der Waals surface area contributed by atoms with Crippen molar-refractivity contribution in [3.63, 3.8) is 0 Å². The number of nitrogens with zero attached hydrogens (tertiary/aromatic N) is 4. The predicted octanol–water partition coefficient (Wildman–Crippen LogP) is 0.923. The maximum atomic E-state index is 5.55. The lowest BCUT2D eigenvalue weighted by atomic mass is 10.5. The summed E-state index contributed by atoms with van der Waals surface area (Å²) in [5, 5.41) is 4.85. The molecule has 0 spiro atoms. The first-order chi connectivity index (χ1) is 6.16. The van der Waals surface area contributed by atoms with E-state index < -0.39 is 0 Å². The van der Waals surface area contributed by atoms with Gasteiger partial charge in [-0.25, -0.2) is 9.67 Å². The molecule has 0 radical (unpaired) electrons. The molecule has 68 valence electrons. The molecular weight excluding hydrogens is 186 g/mol. The number of aryl methyl sites for hydroxylation is 2. The molecule has 0 unspecified atom stereocenters. The van der Waals surface area contributed by atoms with E-state index in [4.69, 9.17) is 5.73 Å². The summed E-state index contributed by atoms with van der Waals surface area (Å²) >= 11 is 1.31. The second kappa shape index (κ2) is 2.81. The molecule has 2 rings (SSSR count). The van der Waals surface area contributed by atoms with Gasteiger partial charge in [-0.3, -0.25) is 0 Å². The van der Waals surface area contributed by atoms with Crippen molar-refractivity contribution in [2.75, 3.05) is 5.73 Å². The summed E-state index contributed by atoms with van der Waals surface area (Å²) in [5.41, 5.74) is 6.51. The van der Waals surface area contributed by atoms with Crippen LogP contribution in [0.25, 0.3) is 5.13 Å². The third-order valence-electron chi connectivity index (χ3n) is 1.60. The molecule has 13 heavy (non-hydrogen) atoms. The Labute approximate surface area is 79.4 Å². The summed E-state index contributed by atoms with van der Waals surface area (Å²) in [5.74, 6) is 1.26. The molecule has 0 aliphatic heterocycles. The second-order valence-corrected chi connectivity index (χ2v) is 3.48. The molecule has 2 aromatic rings. The predicted molar refractivity (Wildman–Crippen MR) is 50.9 cm³/mol. The standard InChI is InChI=1S/C7H9N5S/c1-4-3-6(8)10-12(4)7-9-5(2)11-13-7/h3H,1-2H3,(H2,8,10). The van der Waals surface area contributed by atoms with Gasteiger partial charge in [0.05, 0.1) is 0 Å². The number of rotatable bonds is 1. The maximum absolute atomic E-state index is 5.55. The van der Waals surface area contributed by atoms with Crippen molar-refractivity contribution >= 4 is 17.4 Å². The van der Waals surface area contributed by atoms with Gasteiger partial charge in [0.15, 0.2) is 0 Å². The Morgan fingerprint density at radius 1 is 1.46 bits per heavy atom. The summed E-state index contributed by atoms with van der Waals surface area (Å²) < 4.78 is 5.77. The van der Waals surface area contributed by atoms with Crippen LogP contribution < -0.4 is 5.73 Å². The molecule has 0 amide bonds. The van der Waals surface area contributed by atoms with Gasteiger partial charge in [0, 0.05) is 23.3 Å². The third-order valence-corrected chi connectivity index (χ3v) is 2.39. The van der Waals surface area contributed by atoms with Crippen molar-refractivity contribution in [3.8, 4) is 5.13 Å². The normalized spacial score (nSPS) is 10.6. The van der Waals surface area contributed by atoms with Gasteiger partial charge < -0.3 is 5.73 Å². The molecule has 0 aliphatic rings. The fourth-order valence-corrected chi connectivity index (χ4v) is 1.75. The topological polar surface area (TPSA) is 69.6 Å². The molecule has 0 saturated carbocycles. The van der Waals surface area contributed by atoms with Crippen LogP contribution in [-0.4, -0.2) is 19.1 Å². The van der Waals surface area contributed by atoms with Crippen molar-refractivity contribution in [3.05, 3.63) is 17.6 Å². The summed E-state index contributed by atoms with van der Waals surface area (Å²) in [6, 6.07) is 1.80. The Morgan fingerprint density at radius 2 is 2.23 bits per heavy atom. The number of nitrogen functional groups attached to an aromatic ring is 1. The highest BCUT2D eigenvalue weighted by Crippen LogP contribution is 2.14. The Hall–Kier alpha value is -1.43. The quantitative estimate of drug-likeness (QED) is 0.734. The smallest absolute Gasteiger partial charge is 0.230 e. The Kier molecular flexibility index (Phi) is 1.77. The van der Waals surface area contributed by atoms with Gasteiger partial charge in [-0.1, -0.05) is 0 Å². The van der Waals surface area contributed by atoms with Gasteiger partial charge in [-0.05, 0) is 13.8 Å². The van der Waals surface area contributed by atoms with Crippen LogP contribution in [0.3, 0.4) is 0 Å². The summed E-state index contributed by atoms with van der Waals surface area (Å²) in [4.78, 5) is 4.21. The van der Waals surface area contributed by atoms with E-state index in [1.807, 2.05) is 13.8 Å². The Morgan fingerprint density at radius 3 is 2.69 bits per heavy atom. The number of hydrogen-bond donors (Lipinski definition) is 1. The lowest BCUT2D eigenvalue weighted by Gasteiger charge is -1.95. The van der Waals surface area contributed by atoms with Crippen molar-refractivity contribution in [2.24, 2.45) is 0 Å². The van der Waals surface area contributed by atoms with Crippen LogP contribution in [0.2, 0.25) is 0 Å². The number of anilines is 1. The highest BCUT2D eigenvalue weighted by molar-refractivity contribution is 7.08. The van der Waals surface area contributed by atoms with Crippen LogP contribution in [0.1, 0.15) is 11.5 Å². The van der Waals surface area contributed by atoms with Gasteiger partial charge >= 0.3 is 0 Å². The van der Waals surface area contributed by atoms with E-state index in [-0.39, 0.29) is 0 Å². The molecule has 2 N–H and O–H groups in total. The molecule has 0 bridgehead atoms. The van der Waals surface area contributed by atoms with E-state index in [1.165, 1.54) is 11.5 Å². The average Bonchev–Trinajstić information content (AvgIpc) is 2.58. The number of aromatic nitrogens is 4. The van der Waals surface area contributed by atoms with Crippen LogP contribution >= 0.6 is 11.5 Å². The fourth-order valence-electron chi connectivity index (χ4n) is 1.06. The SMILES string of the molecule is Cc1nsc(-n2nc(N)cc2C)n1. The molecule has 0 aromatic carbocycles.